The van der Waals surface area contributed by atoms with Crippen LogP contribution in [0.15, 0.2) is 33.7 Å². The lowest BCUT2D eigenvalue weighted by Crippen LogP contribution is -2.31. The second kappa shape index (κ2) is 6.50. The molecule has 0 aliphatic heterocycles. The van der Waals surface area contributed by atoms with Gasteiger partial charge in [-0.1, -0.05) is 17.3 Å². The maximum Gasteiger partial charge on any atom is 0.248 e. The Morgan fingerprint density at radius 1 is 1.27 bits per heavy atom. The molecule has 1 heterocycles. The molecule has 0 radical (unpaired) electrons. The summed E-state index contributed by atoms with van der Waals surface area (Å²) in [6.07, 6.45) is 0. The van der Waals surface area contributed by atoms with Crippen LogP contribution in [0.1, 0.15) is 17.0 Å². The fourth-order valence-electron chi connectivity index (χ4n) is 2.12. The van der Waals surface area contributed by atoms with Gasteiger partial charge in [-0.05, 0) is 38.5 Å². The zero-order chi connectivity index (χ0) is 16.3. The first kappa shape index (κ1) is 16.5. The monoisotopic (exact) mass is 324 g/mol. The third kappa shape index (κ3) is 3.48. The van der Waals surface area contributed by atoms with Crippen molar-refractivity contribution in [3.8, 4) is 5.75 Å². The molecule has 0 fully saturated rings. The van der Waals surface area contributed by atoms with Crippen LogP contribution in [0.2, 0.25) is 0 Å². The molecule has 0 saturated carbocycles. The Kier molecular flexibility index (Phi) is 4.87. The summed E-state index contributed by atoms with van der Waals surface area (Å²) in [5, 5.41) is 3.69. The van der Waals surface area contributed by atoms with Crippen molar-refractivity contribution in [1.29, 1.82) is 0 Å². The Hall–Kier alpha value is -1.86. The van der Waals surface area contributed by atoms with E-state index < -0.39 is 10.0 Å². The minimum atomic E-state index is -3.62. The Balaban J connectivity index is 2.01. The number of aryl methyl sites for hydroxylation is 3. The van der Waals surface area contributed by atoms with Crippen LogP contribution in [0.25, 0.3) is 0 Å². The molecule has 2 rings (SSSR count). The largest absolute Gasteiger partial charge is 0.492 e. The standard InChI is InChI=1S/C15H20N2O4S/c1-11-6-5-7-14(10-11)20-9-8-17(4)22(18,19)15-12(2)16-21-13(15)3/h5-7,10H,8-9H2,1-4H3. The van der Waals surface area contributed by atoms with Gasteiger partial charge in [-0.15, -0.1) is 0 Å². The third-order valence-electron chi connectivity index (χ3n) is 3.30. The van der Waals surface area contributed by atoms with E-state index in [1.807, 2.05) is 31.2 Å². The van der Waals surface area contributed by atoms with E-state index in [0.717, 1.165) is 11.3 Å². The summed E-state index contributed by atoms with van der Waals surface area (Å²) in [5.74, 6) is 1.02. The Bertz CT molecular complexity index is 733. The average Bonchev–Trinajstić information content (AvgIpc) is 2.78. The van der Waals surface area contributed by atoms with Crippen LogP contribution in [-0.4, -0.2) is 38.1 Å². The molecule has 1 aromatic heterocycles. The van der Waals surface area contributed by atoms with Crippen LogP contribution in [0, 0.1) is 20.8 Å². The molecule has 6 nitrogen and oxygen atoms in total. The molecule has 0 saturated heterocycles. The maximum absolute atomic E-state index is 12.5. The summed E-state index contributed by atoms with van der Waals surface area (Å²) >= 11 is 0. The molecule has 0 bridgehead atoms. The number of nitrogens with zero attached hydrogens (tertiary/aromatic N) is 2. The van der Waals surface area contributed by atoms with Gasteiger partial charge in [0.05, 0.1) is 0 Å². The minimum Gasteiger partial charge on any atom is -0.492 e. The van der Waals surface area contributed by atoms with E-state index in [-0.39, 0.29) is 18.0 Å². The zero-order valence-corrected chi connectivity index (χ0v) is 14.0. The van der Waals surface area contributed by atoms with Gasteiger partial charge in [-0.2, -0.15) is 4.31 Å². The van der Waals surface area contributed by atoms with Gasteiger partial charge in [0.1, 0.15) is 22.9 Å². The summed E-state index contributed by atoms with van der Waals surface area (Å²) in [6.45, 7) is 5.67. The summed E-state index contributed by atoms with van der Waals surface area (Å²) in [5.41, 5.74) is 1.46. The molecule has 7 heteroatoms. The molecule has 22 heavy (non-hydrogen) atoms. The number of rotatable bonds is 6. The lowest BCUT2D eigenvalue weighted by Gasteiger charge is -2.17. The number of hydrogen-bond acceptors (Lipinski definition) is 5. The molecular formula is C15H20N2O4S. The molecule has 0 aliphatic rings. The highest BCUT2D eigenvalue weighted by Gasteiger charge is 2.28. The van der Waals surface area contributed by atoms with Crippen molar-refractivity contribution < 1.29 is 17.7 Å². The first-order valence-corrected chi connectivity index (χ1v) is 8.35. The third-order valence-corrected chi connectivity index (χ3v) is 5.40. The molecule has 0 unspecified atom stereocenters. The van der Waals surface area contributed by atoms with E-state index >= 15 is 0 Å². The van der Waals surface area contributed by atoms with Gasteiger partial charge in [0.2, 0.25) is 10.0 Å². The number of likely N-dealkylation sites (N-methyl/N-ethyl adjacent to an activating group) is 1. The lowest BCUT2D eigenvalue weighted by atomic mass is 10.2. The van der Waals surface area contributed by atoms with Crippen molar-refractivity contribution in [2.75, 3.05) is 20.2 Å². The van der Waals surface area contributed by atoms with Gasteiger partial charge in [0, 0.05) is 13.6 Å². The highest BCUT2D eigenvalue weighted by molar-refractivity contribution is 7.89. The topological polar surface area (TPSA) is 72.6 Å². The van der Waals surface area contributed by atoms with Crippen molar-refractivity contribution in [2.24, 2.45) is 0 Å². The number of hydrogen-bond donors (Lipinski definition) is 0. The van der Waals surface area contributed by atoms with Crippen LogP contribution in [-0.2, 0) is 10.0 Å². The Morgan fingerprint density at radius 2 is 2.00 bits per heavy atom. The second-order valence-electron chi connectivity index (χ2n) is 5.14. The van der Waals surface area contributed by atoms with Gasteiger partial charge >= 0.3 is 0 Å². The van der Waals surface area contributed by atoms with E-state index in [9.17, 15) is 8.42 Å². The van der Waals surface area contributed by atoms with Crippen molar-refractivity contribution in [3.63, 3.8) is 0 Å². The van der Waals surface area contributed by atoms with Gasteiger partial charge in [0.25, 0.3) is 0 Å². The molecule has 2 aromatic rings. The number of ether oxygens (including phenoxy) is 1. The van der Waals surface area contributed by atoms with E-state index in [0.29, 0.717) is 11.5 Å². The normalized spacial score (nSPS) is 11.9. The Labute approximate surface area is 130 Å². The van der Waals surface area contributed by atoms with Crippen LogP contribution in [0.5, 0.6) is 5.75 Å². The van der Waals surface area contributed by atoms with E-state index in [1.165, 1.54) is 11.4 Å². The molecule has 0 N–H and O–H groups in total. The smallest absolute Gasteiger partial charge is 0.248 e. The molecule has 0 spiro atoms. The van der Waals surface area contributed by atoms with Crippen LogP contribution in [0.3, 0.4) is 0 Å². The van der Waals surface area contributed by atoms with Gasteiger partial charge < -0.3 is 9.26 Å². The molecular weight excluding hydrogens is 304 g/mol. The lowest BCUT2D eigenvalue weighted by molar-refractivity contribution is 0.286. The van der Waals surface area contributed by atoms with Crippen molar-refractivity contribution in [1.82, 2.24) is 9.46 Å². The fraction of sp³-hybridized carbons (Fsp3) is 0.400. The van der Waals surface area contributed by atoms with Crippen LogP contribution >= 0.6 is 0 Å². The highest BCUT2D eigenvalue weighted by atomic mass is 32.2. The van der Waals surface area contributed by atoms with E-state index in [2.05, 4.69) is 5.16 Å². The van der Waals surface area contributed by atoms with Gasteiger partial charge in [-0.3, -0.25) is 0 Å². The fourth-order valence-corrected chi connectivity index (χ4v) is 3.55. The predicted molar refractivity (Wildman–Crippen MR) is 82.5 cm³/mol. The summed E-state index contributed by atoms with van der Waals surface area (Å²) in [6, 6.07) is 7.62. The van der Waals surface area contributed by atoms with Crippen molar-refractivity contribution >= 4 is 10.0 Å². The van der Waals surface area contributed by atoms with Gasteiger partial charge in [-0.25, -0.2) is 8.42 Å². The molecule has 0 amide bonds. The Morgan fingerprint density at radius 3 is 2.59 bits per heavy atom. The molecule has 1 aromatic carbocycles. The maximum atomic E-state index is 12.5. The van der Waals surface area contributed by atoms with Crippen LogP contribution in [0.4, 0.5) is 0 Å². The minimum absolute atomic E-state index is 0.130. The quantitative estimate of drug-likeness (QED) is 0.815. The zero-order valence-electron chi connectivity index (χ0n) is 13.2. The average molecular weight is 324 g/mol. The predicted octanol–water partition coefficient (Wildman–Crippen LogP) is 2.30. The highest BCUT2D eigenvalue weighted by Crippen LogP contribution is 2.22. The molecule has 0 atom stereocenters. The molecule has 0 aliphatic carbocycles. The first-order valence-electron chi connectivity index (χ1n) is 6.91. The summed E-state index contributed by atoms with van der Waals surface area (Å²) in [4.78, 5) is 0.130. The molecule has 120 valence electrons. The number of sulfonamides is 1. The number of aromatic nitrogens is 1. The van der Waals surface area contributed by atoms with Crippen molar-refractivity contribution in [3.05, 3.63) is 41.3 Å². The van der Waals surface area contributed by atoms with E-state index in [1.54, 1.807) is 13.8 Å². The first-order chi connectivity index (χ1) is 10.3. The van der Waals surface area contributed by atoms with E-state index in [4.69, 9.17) is 9.26 Å². The number of benzene rings is 1. The van der Waals surface area contributed by atoms with Crippen LogP contribution < -0.4 is 4.74 Å². The van der Waals surface area contributed by atoms with Crippen molar-refractivity contribution in [2.45, 2.75) is 25.7 Å². The van der Waals surface area contributed by atoms with Gasteiger partial charge in [0.15, 0.2) is 5.76 Å². The summed E-state index contributed by atoms with van der Waals surface area (Å²) < 4.78 is 36.8. The summed E-state index contributed by atoms with van der Waals surface area (Å²) in [7, 11) is -2.11. The second-order valence-corrected chi connectivity index (χ2v) is 7.13. The SMILES string of the molecule is Cc1cccc(OCCN(C)S(=O)(=O)c2c(C)noc2C)c1.